The Morgan fingerprint density at radius 2 is 1.83 bits per heavy atom. The highest BCUT2D eigenvalue weighted by Crippen LogP contribution is 2.30. The highest BCUT2D eigenvalue weighted by molar-refractivity contribution is 6.19. The Labute approximate surface area is 136 Å². The van der Waals surface area contributed by atoms with Crippen molar-refractivity contribution < 1.29 is 9.72 Å². The maximum absolute atomic E-state index is 12.3. The highest BCUT2D eigenvalue weighted by atomic mass is 35.5. The number of rotatable bonds is 6. The maximum Gasteiger partial charge on any atom is 0.329 e. The van der Waals surface area contributed by atoms with Crippen molar-refractivity contribution in [3.63, 3.8) is 0 Å². The third-order valence-corrected chi connectivity index (χ3v) is 3.75. The van der Waals surface area contributed by atoms with Crippen LogP contribution in [0.1, 0.15) is 20.3 Å². The molecule has 0 aliphatic heterocycles. The van der Waals surface area contributed by atoms with E-state index in [2.05, 4.69) is 5.32 Å². The first-order valence-corrected chi connectivity index (χ1v) is 7.75. The Morgan fingerprint density at radius 3 is 2.30 bits per heavy atom. The first-order valence-electron chi connectivity index (χ1n) is 7.21. The topological polar surface area (TPSA) is 99.2 Å². The number of carbonyl (C=O) groups excluding carboxylic acids is 1. The number of carbonyl (C=O) groups is 1. The first-order chi connectivity index (χ1) is 10.9. The quantitative estimate of drug-likeness (QED) is 0.495. The minimum Gasteiger partial charge on any atom is -0.320 e. The summed E-state index contributed by atoms with van der Waals surface area (Å²) in [6.45, 7) is 4.43. The molecule has 2 rings (SSSR count). The van der Waals surface area contributed by atoms with E-state index in [0.29, 0.717) is 24.1 Å². The van der Waals surface area contributed by atoms with Crippen LogP contribution in [0, 0.1) is 10.1 Å². The molecule has 23 heavy (non-hydrogen) atoms. The summed E-state index contributed by atoms with van der Waals surface area (Å²) in [6, 6.07) is 2.79. The van der Waals surface area contributed by atoms with E-state index < -0.39 is 10.8 Å². The number of benzene rings is 1. The number of nitrogens with one attached hydrogen (secondary N) is 1. The summed E-state index contributed by atoms with van der Waals surface area (Å²) in [4.78, 5) is 34.8. The van der Waals surface area contributed by atoms with Gasteiger partial charge in [0.2, 0.25) is 5.91 Å². The third-order valence-electron chi connectivity index (χ3n) is 3.56. The van der Waals surface area contributed by atoms with E-state index >= 15 is 0 Å². The van der Waals surface area contributed by atoms with Gasteiger partial charge in [0.15, 0.2) is 0 Å². The number of hydrogen-bond acceptors (Lipinski definition) is 4. The Bertz CT molecular complexity index is 824. The smallest absolute Gasteiger partial charge is 0.320 e. The van der Waals surface area contributed by atoms with Gasteiger partial charge in [-0.25, -0.2) is 4.79 Å². The van der Waals surface area contributed by atoms with Gasteiger partial charge in [0.25, 0.3) is 5.69 Å². The van der Waals surface area contributed by atoms with Crippen molar-refractivity contribution in [2.45, 2.75) is 33.4 Å². The predicted octanol–water partition coefficient (Wildman–Crippen LogP) is 2.32. The standard InChI is InChI=1S/C14H17ClN4O4/c1-3-17-11-7-9(16-13(20)5-6-15)10(19(22)23)8-12(11)18(4-2)14(17)21/h7-8H,3-6H2,1-2H3,(H,16,20). The number of nitro benzene ring substituents is 1. The Kier molecular flexibility index (Phi) is 5.05. The van der Waals surface area contributed by atoms with E-state index in [1.54, 1.807) is 6.92 Å². The maximum atomic E-state index is 12.3. The summed E-state index contributed by atoms with van der Waals surface area (Å²) in [6.07, 6.45) is 0.0489. The number of fused-ring (bicyclic) bond motifs is 1. The average Bonchev–Trinajstić information content (AvgIpc) is 2.76. The van der Waals surface area contributed by atoms with Crippen LogP contribution >= 0.6 is 11.6 Å². The van der Waals surface area contributed by atoms with Crippen molar-refractivity contribution in [1.29, 1.82) is 0 Å². The number of nitro groups is 1. The molecular formula is C14H17ClN4O4. The molecule has 0 atom stereocenters. The van der Waals surface area contributed by atoms with Gasteiger partial charge in [-0.2, -0.15) is 0 Å². The van der Waals surface area contributed by atoms with Gasteiger partial charge >= 0.3 is 5.69 Å². The molecule has 9 heteroatoms. The summed E-state index contributed by atoms with van der Waals surface area (Å²) in [5.41, 5.74) is 0.597. The zero-order chi connectivity index (χ0) is 17.1. The molecule has 0 fully saturated rings. The molecule has 1 amide bonds. The number of hydrogen-bond donors (Lipinski definition) is 1. The molecule has 0 aliphatic rings. The number of nitrogens with zero attached hydrogens (tertiary/aromatic N) is 3. The minimum absolute atomic E-state index is 0.0489. The van der Waals surface area contributed by atoms with E-state index in [9.17, 15) is 19.7 Å². The van der Waals surface area contributed by atoms with Crippen molar-refractivity contribution >= 4 is 39.9 Å². The fourth-order valence-corrected chi connectivity index (χ4v) is 2.68. The fourth-order valence-electron chi connectivity index (χ4n) is 2.51. The molecule has 0 spiro atoms. The van der Waals surface area contributed by atoms with Crippen molar-refractivity contribution in [3.05, 3.63) is 32.7 Å². The average molecular weight is 341 g/mol. The third kappa shape index (κ3) is 3.07. The van der Waals surface area contributed by atoms with Crippen LogP contribution in [0.2, 0.25) is 0 Å². The van der Waals surface area contributed by atoms with Crippen LogP contribution in [0.4, 0.5) is 11.4 Å². The molecule has 0 saturated heterocycles. The second-order valence-electron chi connectivity index (χ2n) is 4.87. The zero-order valence-electron chi connectivity index (χ0n) is 12.8. The molecule has 1 aromatic heterocycles. The Hall–Kier alpha value is -2.35. The van der Waals surface area contributed by atoms with Crippen molar-refractivity contribution in [3.8, 4) is 0 Å². The molecule has 0 radical (unpaired) electrons. The second-order valence-corrected chi connectivity index (χ2v) is 5.25. The zero-order valence-corrected chi connectivity index (χ0v) is 13.6. The highest BCUT2D eigenvalue weighted by Gasteiger charge is 2.21. The van der Waals surface area contributed by atoms with E-state index in [4.69, 9.17) is 11.6 Å². The lowest BCUT2D eigenvalue weighted by atomic mass is 10.2. The van der Waals surface area contributed by atoms with Crippen LogP contribution in [0.25, 0.3) is 11.0 Å². The van der Waals surface area contributed by atoms with Crippen LogP contribution in [-0.2, 0) is 17.9 Å². The van der Waals surface area contributed by atoms with Gasteiger partial charge in [-0.1, -0.05) is 0 Å². The van der Waals surface area contributed by atoms with E-state index in [1.807, 2.05) is 6.92 Å². The van der Waals surface area contributed by atoms with E-state index in [0.717, 1.165) is 0 Å². The number of aryl methyl sites for hydroxylation is 2. The SMILES string of the molecule is CCn1c(=O)n(CC)c2cc([N+](=O)[O-])c(NC(=O)CCCl)cc21. The second kappa shape index (κ2) is 6.82. The molecule has 1 N–H and O–H groups in total. The normalized spacial score (nSPS) is 10.9. The molecule has 1 aromatic carbocycles. The van der Waals surface area contributed by atoms with E-state index in [-0.39, 0.29) is 29.4 Å². The number of imidazole rings is 1. The van der Waals surface area contributed by atoms with Gasteiger partial charge < -0.3 is 5.32 Å². The van der Waals surface area contributed by atoms with E-state index in [1.165, 1.54) is 21.3 Å². The number of halogens is 1. The molecule has 124 valence electrons. The molecule has 0 unspecified atom stereocenters. The summed E-state index contributed by atoms with van der Waals surface area (Å²) in [5, 5.41) is 13.8. The lowest BCUT2D eigenvalue weighted by Crippen LogP contribution is -2.23. The summed E-state index contributed by atoms with van der Waals surface area (Å²) >= 11 is 5.51. The summed E-state index contributed by atoms with van der Waals surface area (Å²) in [7, 11) is 0. The molecule has 8 nitrogen and oxygen atoms in total. The summed E-state index contributed by atoms with van der Waals surface area (Å²) in [5.74, 6) is -0.295. The molecule has 0 saturated carbocycles. The van der Waals surface area contributed by atoms with Crippen LogP contribution < -0.4 is 11.0 Å². The number of anilines is 1. The first kappa shape index (κ1) is 17.0. The van der Waals surface area contributed by atoms with Crippen LogP contribution in [-0.4, -0.2) is 25.8 Å². The van der Waals surface area contributed by atoms with Gasteiger partial charge in [-0.15, -0.1) is 11.6 Å². The Morgan fingerprint density at radius 1 is 1.26 bits per heavy atom. The largest absolute Gasteiger partial charge is 0.329 e. The van der Waals surface area contributed by atoms with Crippen molar-refractivity contribution in [2.75, 3.05) is 11.2 Å². The molecule has 1 heterocycles. The number of alkyl halides is 1. The lowest BCUT2D eigenvalue weighted by Gasteiger charge is -2.07. The predicted molar refractivity (Wildman–Crippen MR) is 88.2 cm³/mol. The monoisotopic (exact) mass is 340 g/mol. The van der Waals surface area contributed by atoms with Crippen LogP contribution in [0.3, 0.4) is 0 Å². The van der Waals surface area contributed by atoms with Gasteiger partial charge in [-0.3, -0.25) is 24.0 Å². The molecule has 2 aromatic rings. The van der Waals surface area contributed by atoms with Gasteiger partial charge in [0.05, 0.1) is 16.0 Å². The van der Waals surface area contributed by atoms with Crippen LogP contribution in [0.15, 0.2) is 16.9 Å². The number of amides is 1. The number of aromatic nitrogens is 2. The summed E-state index contributed by atoms with van der Waals surface area (Å²) < 4.78 is 2.98. The van der Waals surface area contributed by atoms with Crippen LogP contribution in [0.5, 0.6) is 0 Å². The molecule has 0 aliphatic carbocycles. The molecular weight excluding hydrogens is 324 g/mol. The fraction of sp³-hybridized carbons (Fsp3) is 0.429. The minimum atomic E-state index is -0.580. The Balaban J connectivity index is 2.71. The van der Waals surface area contributed by atoms with Crippen molar-refractivity contribution in [2.24, 2.45) is 0 Å². The van der Waals surface area contributed by atoms with Gasteiger partial charge in [0.1, 0.15) is 5.69 Å². The van der Waals surface area contributed by atoms with Gasteiger partial charge in [-0.05, 0) is 19.9 Å². The lowest BCUT2D eigenvalue weighted by molar-refractivity contribution is -0.383. The van der Waals surface area contributed by atoms with Gasteiger partial charge in [0, 0.05) is 31.5 Å². The molecule has 0 bridgehead atoms. The van der Waals surface area contributed by atoms with Crippen molar-refractivity contribution in [1.82, 2.24) is 9.13 Å².